The first kappa shape index (κ1) is 13.4. The zero-order valence-electron chi connectivity index (χ0n) is 11.3. The summed E-state index contributed by atoms with van der Waals surface area (Å²) >= 11 is 0. The second-order valence-electron chi connectivity index (χ2n) is 5.53. The molecule has 5 heteroatoms. The first-order valence-corrected chi connectivity index (χ1v) is 6.91. The van der Waals surface area contributed by atoms with Gasteiger partial charge in [-0.15, -0.1) is 0 Å². The second kappa shape index (κ2) is 5.40. The SMILES string of the molecule is O=C(OCc1ccccc1)N1CC2(CC[C@@H](F)CO2)C1. The van der Waals surface area contributed by atoms with Crippen LogP contribution in [0.15, 0.2) is 30.3 Å². The molecular formula is C15H18FNO3. The molecule has 20 heavy (non-hydrogen) atoms. The lowest BCUT2D eigenvalue weighted by molar-refractivity contribution is -0.173. The Bertz CT molecular complexity index is 463. The van der Waals surface area contributed by atoms with Crippen molar-refractivity contribution in [3.8, 4) is 0 Å². The van der Waals surface area contributed by atoms with Gasteiger partial charge in [0.25, 0.3) is 0 Å². The maximum Gasteiger partial charge on any atom is 0.410 e. The van der Waals surface area contributed by atoms with E-state index in [0.29, 0.717) is 25.9 Å². The maximum absolute atomic E-state index is 13.0. The molecular weight excluding hydrogens is 261 g/mol. The van der Waals surface area contributed by atoms with Gasteiger partial charge in [0.1, 0.15) is 18.4 Å². The zero-order chi connectivity index (χ0) is 14.0. The van der Waals surface area contributed by atoms with Crippen LogP contribution in [-0.4, -0.2) is 42.5 Å². The number of carbonyl (C=O) groups is 1. The van der Waals surface area contributed by atoms with Crippen LogP contribution in [0, 0.1) is 0 Å². The minimum Gasteiger partial charge on any atom is -0.445 e. The van der Waals surface area contributed by atoms with Gasteiger partial charge in [0.15, 0.2) is 0 Å². The topological polar surface area (TPSA) is 38.8 Å². The van der Waals surface area contributed by atoms with Crippen LogP contribution in [0.3, 0.4) is 0 Å². The summed E-state index contributed by atoms with van der Waals surface area (Å²) in [5.74, 6) is 0. The molecule has 0 bridgehead atoms. The van der Waals surface area contributed by atoms with Crippen molar-refractivity contribution in [3.63, 3.8) is 0 Å². The molecule has 0 unspecified atom stereocenters. The third-order valence-electron chi connectivity index (χ3n) is 3.90. The third kappa shape index (κ3) is 2.77. The molecule has 2 aliphatic heterocycles. The number of nitrogens with zero attached hydrogens (tertiary/aromatic N) is 1. The van der Waals surface area contributed by atoms with Crippen LogP contribution in [0.5, 0.6) is 0 Å². The number of carbonyl (C=O) groups excluding carboxylic acids is 1. The molecule has 0 N–H and O–H groups in total. The number of likely N-dealkylation sites (tertiary alicyclic amines) is 1. The van der Waals surface area contributed by atoms with E-state index < -0.39 is 6.17 Å². The number of alkyl halides is 1. The number of hydrogen-bond acceptors (Lipinski definition) is 3. The zero-order valence-corrected chi connectivity index (χ0v) is 11.3. The van der Waals surface area contributed by atoms with Gasteiger partial charge in [0.2, 0.25) is 0 Å². The summed E-state index contributed by atoms with van der Waals surface area (Å²) in [5.41, 5.74) is 0.638. The van der Waals surface area contributed by atoms with E-state index in [1.54, 1.807) is 4.90 Å². The summed E-state index contributed by atoms with van der Waals surface area (Å²) in [4.78, 5) is 13.5. The first-order chi connectivity index (χ1) is 9.67. The van der Waals surface area contributed by atoms with Gasteiger partial charge in [-0.05, 0) is 18.4 Å². The average molecular weight is 279 g/mol. The van der Waals surface area contributed by atoms with Crippen LogP contribution in [0.2, 0.25) is 0 Å². The molecule has 1 aromatic rings. The monoisotopic (exact) mass is 279 g/mol. The van der Waals surface area contributed by atoms with Crippen molar-refractivity contribution in [3.05, 3.63) is 35.9 Å². The standard InChI is InChI=1S/C15H18FNO3/c16-13-6-7-15(20-9-13)10-17(11-15)14(18)19-8-12-4-2-1-3-5-12/h1-5,13H,6-11H2/t13-/m1/s1. The first-order valence-electron chi connectivity index (χ1n) is 6.91. The van der Waals surface area contributed by atoms with Gasteiger partial charge in [0, 0.05) is 0 Å². The largest absolute Gasteiger partial charge is 0.445 e. The van der Waals surface area contributed by atoms with Crippen LogP contribution in [-0.2, 0) is 16.1 Å². The van der Waals surface area contributed by atoms with Gasteiger partial charge in [-0.3, -0.25) is 0 Å². The fourth-order valence-corrected chi connectivity index (χ4v) is 2.68. The van der Waals surface area contributed by atoms with E-state index in [0.717, 1.165) is 5.56 Å². The Labute approximate surface area is 117 Å². The summed E-state index contributed by atoms with van der Waals surface area (Å²) in [6, 6.07) is 9.56. The molecule has 2 aliphatic rings. The quantitative estimate of drug-likeness (QED) is 0.835. The number of rotatable bonds is 2. The van der Waals surface area contributed by atoms with E-state index in [9.17, 15) is 9.18 Å². The number of benzene rings is 1. The molecule has 0 aromatic heterocycles. The predicted octanol–water partition coefficient (Wildman–Crippen LogP) is 2.53. The highest BCUT2D eigenvalue weighted by Gasteiger charge is 2.49. The lowest BCUT2D eigenvalue weighted by Crippen LogP contribution is -2.66. The molecule has 1 amide bonds. The lowest BCUT2D eigenvalue weighted by Gasteiger charge is -2.51. The van der Waals surface area contributed by atoms with E-state index in [2.05, 4.69) is 0 Å². The molecule has 0 radical (unpaired) electrons. The molecule has 1 atom stereocenters. The van der Waals surface area contributed by atoms with Gasteiger partial charge in [-0.25, -0.2) is 9.18 Å². The molecule has 2 fully saturated rings. The van der Waals surface area contributed by atoms with Crippen LogP contribution < -0.4 is 0 Å². The molecule has 4 nitrogen and oxygen atoms in total. The molecule has 3 rings (SSSR count). The second-order valence-corrected chi connectivity index (χ2v) is 5.53. The van der Waals surface area contributed by atoms with Gasteiger partial charge >= 0.3 is 6.09 Å². The summed E-state index contributed by atoms with van der Waals surface area (Å²) in [5, 5.41) is 0. The van der Waals surface area contributed by atoms with Gasteiger partial charge < -0.3 is 14.4 Å². The Morgan fingerprint density at radius 1 is 1.40 bits per heavy atom. The highest BCUT2D eigenvalue weighted by Crippen LogP contribution is 2.35. The van der Waals surface area contributed by atoms with Gasteiger partial charge in [0.05, 0.1) is 19.7 Å². The maximum atomic E-state index is 13.0. The van der Waals surface area contributed by atoms with Gasteiger partial charge in [-0.1, -0.05) is 30.3 Å². The minimum absolute atomic E-state index is 0.146. The highest BCUT2D eigenvalue weighted by atomic mass is 19.1. The number of halogens is 1. The molecule has 1 spiro atoms. The molecule has 0 aliphatic carbocycles. The van der Waals surface area contributed by atoms with Crippen LogP contribution in [0.4, 0.5) is 9.18 Å². The van der Waals surface area contributed by atoms with E-state index in [4.69, 9.17) is 9.47 Å². The fourth-order valence-electron chi connectivity index (χ4n) is 2.68. The average Bonchev–Trinajstić information content (AvgIpc) is 2.45. The van der Waals surface area contributed by atoms with Crippen LogP contribution in [0.1, 0.15) is 18.4 Å². The predicted molar refractivity (Wildman–Crippen MR) is 71.0 cm³/mol. The van der Waals surface area contributed by atoms with Crippen molar-refractivity contribution in [1.29, 1.82) is 0 Å². The van der Waals surface area contributed by atoms with Crippen molar-refractivity contribution in [2.24, 2.45) is 0 Å². The summed E-state index contributed by atoms with van der Waals surface area (Å²) < 4.78 is 23.8. The van der Waals surface area contributed by atoms with E-state index in [1.165, 1.54) is 0 Å². The Morgan fingerprint density at radius 3 is 2.80 bits per heavy atom. The molecule has 1 aromatic carbocycles. The van der Waals surface area contributed by atoms with Gasteiger partial charge in [-0.2, -0.15) is 0 Å². The molecule has 2 saturated heterocycles. The summed E-state index contributed by atoms with van der Waals surface area (Å²) in [6.07, 6.45) is 0.00828. The minimum atomic E-state index is -0.861. The van der Waals surface area contributed by atoms with E-state index in [-0.39, 0.29) is 24.9 Å². The van der Waals surface area contributed by atoms with Crippen molar-refractivity contribution in [2.45, 2.75) is 31.2 Å². The normalized spacial score (nSPS) is 24.2. The Kier molecular flexibility index (Phi) is 3.61. The van der Waals surface area contributed by atoms with E-state index in [1.807, 2.05) is 30.3 Å². The van der Waals surface area contributed by atoms with Crippen LogP contribution in [0.25, 0.3) is 0 Å². The fraction of sp³-hybridized carbons (Fsp3) is 0.533. The Morgan fingerprint density at radius 2 is 2.15 bits per heavy atom. The summed E-state index contributed by atoms with van der Waals surface area (Å²) in [7, 11) is 0. The smallest absolute Gasteiger partial charge is 0.410 e. The number of amides is 1. The van der Waals surface area contributed by atoms with Crippen LogP contribution >= 0.6 is 0 Å². The summed E-state index contributed by atoms with van der Waals surface area (Å²) in [6.45, 7) is 1.43. The van der Waals surface area contributed by atoms with Crippen molar-refractivity contribution in [1.82, 2.24) is 4.90 Å². The number of ether oxygens (including phenoxy) is 2. The van der Waals surface area contributed by atoms with E-state index >= 15 is 0 Å². The highest BCUT2D eigenvalue weighted by molar-refractivity contribution is 5.69. The van der Waals surface area contributed by atoms with Crippen molar-refractivity contribution in [2.75, 3.05) is 19.7 Å². The Balaban J connectivity index is 1.44. The lowest BCUT2D eigenvalue weighted by atomic mass is 9.86. The molecule has 2 heterocycles. The molecule has 108 valence electrons. The van der Waals surface area contributed by atoms with Crippen molar-refractivity contribution < 1.29 is 18.7 Å². The third-order valence-corrected chi connectivity index (χ3v) is 3.90. The van der Waals surface area contributed by atoms with Crippen molar-refractivity contribution >= 4 is 6.09 Å². The Hall–Kier alpha value is -1.62. The number of hydrogen-bond donors (Lipinski definition) is 0. The molecule has 0 saturated carbocycles.